The van der Waals surface area contributed by atoms with E-state index in [1.54, 1.807) is 0 Å². The van der Waals surface area contributed by atoms with Crippen molar-refractivity contribution in [2.24, 2.45) is 0 Å². The Morgan fingerprint density at radius 3 is 1.35 bits per heavy atom. The summed E-state index contributed by atoms with van der Waals surface area (Å²) in [5.41, 5.74) is 0. The number of hydrogen-bond donors (Lipinski definition) is 1. The Morgan fingerprint density at radius 2 is 0.870 bits per heavy atom. The highest BCUT2D eigenvalue weighted by atomic mass is 16.6. The summed E-state index contributed by atoms with van der Waals surface area (Å²) in [5, 5.41) is 9.54. The standard InChI is InChI=1S/C41H74O5/c1-3-5-7-9-11-13-15-17-19-20-22-23-25-27-29-31-33-35-40(43)45-38-39(37-42)46-41(44)36-34-32-30-28-26-24-21-18-16-14-12-10-8-6-4-2/h11,13,17,19,22-23,39,42H,3-10,12,14-16,18,20-21,24-38H2,1-2H3. The molecule has 0 aliphatic carbocycles. The van der Waals surface area contributed by atoms with Crippen LogP contribution in [0.1, 0.15) is 194 Å². The van der Waals surface area contributed by atoms with Crippen LogP contribution in [0.15, 0.2) is 36.5 Å². The average Bonchev–Trinajstić information content (AvgIpc) is 3.06. The smallest absolute Gasteiger partial charge is 0.306 e. The summed E-state index contributed by atoms with van der Waals surface area (Å²) in [6.45, 7) is 4.09. The van der Waals surface area contributed by atoms with Gasteiger partial charge in [-0.25, -0.2) is 0 Å². The molecule has 0 fully saturated rings. The average molecular weight is 647 g/mol. The van der Waals surface area contributed by atoms with Crippen LogP contribution in [-0.4, -0.2) is 36.4 Å². The quantitative estimate of drug-likeness (QED) is 0.0421. The molecule has 5 heteroatoms. The SMILES string of the molecule is CCCCCC=CCC=CCC=CCCCCCCC(=O)OCC(CO)OC(=O)CCCCCCCCCCCCCCCCC. The normalized spacial score (nSPS) is 12.5. The van der Waals surface area contributed by atoms with E-state index in [0.29, 0.717) is 12.8 Å². The zero-order valence-corrected chi connectivity index (χ0v) is 30.3. The lowest BCUT2D eigenvalue weighted by atomic mass is 10.0. The number of allylic oxidation sites excluding steroid dienone is 6. The van der Waals surface area contributed by atoms with Gasteiger partial charge in [0, 0.05) is 12.8 Å². The molecule has 0 aromatic heterocycles. The van der Waals surface area contributed by atoms with Crippen LogP contribution in [0.2, 0.25) is 0 Å². The van der Waals surface area contributed by atoms with Gasteiger partial charge in [0.1, 0.15) is 6.61 Å². The van der Waals surface area contributed by atoms with E-state index in [2.05, 4.69) is 50.3 Å². The third kappa shape index (κ3) is 35.0. The summed E-state index contributed by atoms with van der Waals surface area (Å²) in [7, 11) is 0. The van der Waals surface area contributed by atoms with Gasteiger partial charge in [-0.2, -0.15) is 0 Å². The topological polar surface area (TPSA) is 72.8 Å². The predicted octanol–water partition coefficient (Wildman–Crippen LogP) is 12.1. The van der Waals surface area contributed by atoms with Gasteiger partial charge in [0.25, 0.3) is 0 Å². The first kappa shape index (κ1) is 44.1. The molecule has 1 unspecified atom stereocenters. The molecule has 0 rings (SSSR count). The number of unbranched alkanes of at least 4 members (excludes halogenated alkanes) is 21. The van der Waals surface area contributed by atoms with Crippen LogP contribution in [0.25, 0.3) is 0 Å². The Labute approximate surface area is 285 Å². The van der Waals surface area contributed by atoms with E-state index in [4.69, 9.17) is 9.47 Å². The second-order valence-electron chi connectivity index (χ2n) is 13.0. The minimum absolute atomic E-state index is 0.0750. The Morgan fingerprint density at radius 1 is 0.500 bits per heavy atom. The molecule has 0 saturated heterocycles. The van der Waals surface area contributed by atoms with Gasteiger partial charge in [0.15, 0.2) is 6.10 Å². The molecule has 0 amide bonds. The molecule has 0 aromatic rings. The predicted molar refractivity (Wildman–Crippen MR) is 196 cm³/mol. The third-order valence-corrected chi connectivity index (χ3v) is 8.44. The highest BCUT2D eigenvalue weighted by molar-refractivity contribution is 5.70. The number of esters is 2. The van der Waals surface area contributed by atoms with Crippen molar-refractivity contribution >= 4 is 11.9 Å². The molecule has 0 aliphatic heterocycles. The van der Waals surface area contributed by atoms with Crippen LogP contribution in [-0.2, 0) is 19.1 Å². The van der Waals surface area contributed by atoms with Crippen LogP contribution >= 0.6 is 0 Å². The minimum atomic E-state index is -0.776. The first-order valence-corrected chi connectivity index (χ1v) is 19.5. The summed E-state index contributed by atoms with van der Waals surface area (Å²) in [6.07, 6.45) is 44.8. The van der Waals surface area contributed by atoms with E-state index in [-0.39, 0.29) is 25.2 Å². The fraction of sp³-hybridized carbons (Fsp3) is 0.805. The maximum atomic E-state index is 12.2. The number of aliphatic hydroxyl groups excluding tert-OH is 1. The first-order valence-electron chi connectivity index (χ1n) is 19.5. The van der Waals surface area contributed by atoms with Crippen LogP contribution in [0.3, 0.4) is 0 Å². The van der Waals surface area contributed by atoms with E-state index in [1.165, 1.54) is 103 Å². The van der Waals surface area contributed by atoms with Gasteiger partial charge < -0.3 is 14.6 Å². The van der Waals surface area contributed by atoms with Gasteiger partial charge in [0.2, 0.25) is 0 Å². The number of carbonyl (C=O) groups excluding carboxylic acids is 2. The van der Waals surface area contributed by atoms with Crippen LogP contribution in [0, 0.1) is 0 Å². The number of rotatable bonds is 35. The van der Waals surface area contributed by atoms with E-state index >= 15 is 0 Å². The molecule has 1 N–H and O–H groups in total. The molecular formula is C41H74O5. The Bertz CT molecular complexity index is 741. The molecule has 5 nitrogen and oxygen atoms in total. The van der Waals surface area contributed by atoms with Crippen molar-refractivity contribution in [3.05, 3.63) is 36.5 Å². The van der Waals surface area contributed by atoms with Gasteiger partial charge in [-0.3, -0.25) is 9.59 Å². The van der Waals surface area contributed by atoms with E-state index < -0.39 is 6.10 Å². The second kappa shape index (κ2) is 37.6. The van der Waals surface area contributed by atoms with Crippen molar-refractivity contribution in [1.82, 2.24) is 0 Å². The molecule has 268 valence electrons. The van der Waals surface area contributed by atoms with E-state index in [0.717, 1.165) is 64.2 Å². The number of carbonyl (C=O) groups is 2. The summed E-state index contributed by atoms with van der Waals surface area (Å²) in [5.74, 6) is -0.611. The molecule has 46 heavy (non-hydrogen) atoms. The lowest BCUT2D eigenvalue weighted by molar-refractivity contribution is -0.161. The molecule has 1 atom stereocenters. The zero-order valence-electron chi connectivity index (χ0n) is 30.3. The Balaban J connectivity index is 3.59. The van der Waals surface area contributed by atoms with Crippen LogP contribution < -0.4 is 0 Å². The van der Waals surface area contributed by atoms with Crippen molar-refractivity contribution in [3.63, 3.8) is 0 Å². The maximum absolute atomic E-state index is 12.2. The van der Waals surface area contributed by atoms with Crippen LogP contribution in [0.4, 0.5) is 0 Å². The first-order chi connectivity index (χ1) is 22.6. The minimum Gasteiger partial charge on any atom is -0.462 e. The molecular weight excluding hydrogens is 572 g/mol. The number of aliphatic hydroxyl groups is 1. The molecule has 0 spiro atoms. The Kier molecular flexibility index (Phi) is 36.0. The van der Waals surface area contributed by atoms with Crippen LogP contribution in [0.5, 0.6) is 0 Å². The van der Waals surface area contributed by atoms with Crippen molar-refractivity contribution in [3.8, 4) is 0 Å². The summed E-state index contributed by atoms with van der Waals surface area (Å²) in [4.78, 5) is 24.2. The van der Waals surface area contributed by atoms with E-state index in [1.807, 2.05) is 0 Å². The molecule has 0 heterocycles. The van der Waals surface area contributed by atoms with Crippen molar-refractivity contribution < 1.29 is 24.2 Å². The fourth-order valence-electron chi connectivity index (χ4n) is 5.44. The summed E-state index contributed by atoms with van der Waals surface area (Å²) in [6, 6.07) is 0. The molecule has 0 saturated carbocycles. The van der Waals surface area contributed by atoms with Gasteiger partial charge in [0.05, 0.1) is 6.61 Å². The second-order valence-corrected chi connectivity index (χ2v) is 13.0. The molecule has 0 bridgehead atoms. The molecule has 0 aromatic carbocycles. The zero-order chi connectivity index (χ0) is 33.6. The van der Waals surface area contributed by atoms with Crippen molar-refractivity contribution in [1.29, 1.82) is 0 Å². The van der Waals surface area contributed by atoms with Gasteiger partial charge in [-0.1, -0.05) is 166 Å². The Hall–Kier alpha value is -1.88. The number of hydrogen-bond acceptors (Lipinski definition) is 5. The third-order valence-electron chi connectivity index (χ3n) is 8.44. The van der Waals surface area contributed by atoms with Crippen molar-refractivity contribution in [2.75, 3.05) is 13.2 Å². The lowest BCUT2D eigenvalue weighted by Crippen LogP contribution is -2.28. The fourth-order valence-corrected chi connectivity index (χ4v) is 5.44. The molecule has 0 radical (unpaired) electrons. The molecule has 0 aliphatic rings. The monoisotopic (exact) mass is 647 g/mol. The van der Waals surface area contributed by atoms with Gasteiger partial charge in [-0.05, 0) is 51.4 Å². The van der Waals surface area contributed by atoms with Gasteiger partial charge >= 0.3 is 11.9 Å². The summed E-state index contributed by atoms with van der Waals surface area (Å²) >= 11 is 0. The highest BCUT2D eigenvalue weighted by Gasteiger charge is 2.16. The largest absolute Gasteiger partial charge is 0.462 e. The maximum Gasteiger partial charge on any atom is 0.306 e. The van der Waals surface area contributed by atoms with E-state index in [9.17, 15) is 14.7 Å². The van der Waals surface area contributed by atoms with Gasteiger partial charge in [-0.15, -0.1) is 0 Å². The highest BCUT2D eigenvalue weighted by Crippen LogP contribution is 2.14. The summed E-state index contributed by atoms with van der Waals surface area (Å²) < 4.78 is 10.6. The van der Waals surface area contributed by atoms with Crippen molar-refractivity contribution in [2.45, 2.75) is 200 Å². The number of ether oxygens (including phenoxy) is 2. The lowest BCUT2D eigenvalue weighted by Gasteiger charge is -2.15.